The minimum Gasteiger partial charge on any atom is -0.497 e. The van der Waals surface area contributed by atoms with Crippen LogP contribution in [-0.2, 0) is 11.3 Å². The van der Waals surface area contributed by atoms with Gasteiger partial charge in [-0.1, -0.05) is 12.1 Å². The number of hydrogen-bond donors (Lipinski definition) is 1. The van der Waals surface area contributed by atoms with Gasteiger partial charge in [-0.25, -0.2) is 0 Å². The number of amides is 1. The molecule has 1 saturated carbocycles. The molecule has 4 heteroatoms. The van der Waals surface area contributed by atoms with E-state index in [1.54, 1.807) is 7.11 Å². The van der Waals surface area contributed by atoms with Crippen LogP contribution in [-0.4, -0.2) is 36.0 Å². The van der Waals surface area contributed by atoms with Crippen molar-refractivity contribution in [3.8, 4) is 5.75 Å². The van der Waals surface area contributed by atoms with Gasteiger partial charge in [0.15, 0.2) is 0 Å². The van der Waals surface area contributed by atoms with E-state index in [4.69, 9.17) is 4.74 Å². The molecule has 0 aliphatic heterocycles. The SMILES string of the molecule is COc1ccc(CN(C2CC2)[C@@H](C)C(=O)NC(C)C)cc1. The van der Waals surface area contributed by atoms with Gasteiger partial charge in [0.2, 0.25) is 5.91 Å². The first kappa shape index (κ1) is 15.8. The highest BCUT2D eigenvalue weighted by Gasteiger charge is 2.35. The lowest BCUT2D eigenvalue weighted by Gasteiger charge is -2.29. The van der Waals surface area contributed by atoms with Crippen LogP contribution < -0.4 is 10.1 Å². The average molecular weight is 290 g/mol. The van der Waals surface area contributed by atoms with Crippen LogP contribution in [0.25, 0.3) is 0 Å². The summed E-state index contributed by atoms with van der Waals surface area (Å²) < 4.78 is 5.19. The van der Waals surface area contributed by atoms with Crippen molar-refractivity contribution in [3.63, 3.8) is 0 Å². The molecule has 1 aromatic carbocycles. The van der Waals surface area contributed by atoms with Crippen LogP contribution in [0.4, 0.5) is 0 Å². The molecule has 1 amide bonds. The quantitative estimate of drug-likeness (QED) is 0.839. The van der Waals surface area contributed by atoms with E-state index >= 15 is 0 Å². The predicted molar refractivity (Wildman–Crippen MR) is 84.3 cm³/mol. The zero-order chi connectivity index (χ0) is 15.4. The molecule has 1 fully saturated rings. The van der Waals surface area contributed by atoms with E-state index in [9.17, 15) is 4.79 Å². The normalized spacial score (nSPS) is 16.1. The number of rotatable bonds is 7. The maximum Gasteiger partial charge on any atom is 0.237 e. The van der Waals surface area contributed by atoms with Gasteiger partial charge in [-0.3, -0.25) is 9.69 Å². The summed E-state index contributed by atoms with van der Waals surface area (Å²) in [5, 5.41) is 3.01. The fraction of sp³-hybridized carbons (Fsp3) is 0.588. The van der Waals surface area contributed by atoms with Crippen molar-refractivity contribution in [2.75, 3.05) is 7.11 Å². The molecule has 1 aliphatic rings. The molecule has 21 heavy (non-hydrogen) atoms. The molecular formula is C17H26N2O2. The van der Waals surface area contributed by atoms with Crippen molar-refractivity contribution < 1.29 is 9.53 Å². The van der Waals surface area contributed by atoms with E-state index in [0.29, 0.717) is 6.04 Å². The third kappa shape index (κ3) is 4.46. The molecule has 1 N–H and O–H groups in total. The monoisotopic (exact) mass is 290 g/mol. The number of benzene rings is 1. The largest absolute Gasteiger partial charge is 0.497 e. The number of carbonyl (C=O) groups excluding carboxylic acids is 1. The smallest absolute Gasteiger partial charge is 0.237 e. The second-order valence-electron chi connectivity index (χ2n) is 6.09. The van der Waals surface area contributed by atoms with E-state index in [0.717, 1.165) is 12.3 Å². The van der Waals surface area contributed by atoms with Gasteiger partial charge >= 0.3 is 0 Å². The van der Waals surface area contributed by atoms with Gasteiger partial charge in [-0.15, -0.1) is 0 Å². The first-order valence-electron chi connectivity index (χ1n) is 7.70. The summed E-state index contributed by atoms with van der Waals surface area (Å²) in [5.74, 6) is 0.979. The summed E-state index contributed by atoms with van der Waals surface area (Å²) in [5.41, 5.74) is 1.21. The molecule has 1 atom stereocenters. The Balaban J connectivity index is 2.02. The molecular weight excluding hydrogens is 264 g/mol. The van der Waals surface area contributed by atoms with Crippen LogP contribution >= 0.6 is 0 Å². The molecule has 0 unspecified atom stereocenters. The summed E-state index contributed by atoms with van der Waals surface area (Å²) >= 11 is 0. The number of nitrogens with zero attached hydrogens (tertiary/aromatic N) is 1. The number of ether oxygens (including phenoxy) is 1. The highest BCUT2D eigenvalue weighted by molar-refractivity contribution is 5.81. The number of carbonyl (C=O) groups is 1. The Labute approximate surface area is 127 Å². The second kappa shape index (κ2) is 6.94. The van der Waals surface area contributed by atoms with Gasteiger partial charge in [0.1, 0.15) is 5.75 Å². The Hall–Kier alpha value is -1.55. The minimum absolute atomic E-state index is 0.0954. The fourth-order valence-electron chi connectivity index (χ4n) is 2.49. The molecule has 0 aromatic heterocycles. The van der Waals surface area contributed by atoms with Crippen LogP contribution in [0.2, 0.25) is 0 Å². The van der Waals surface area contributed by atoms with Crippen molar-refractivity contribution in [2.45, 2.75) is 58.3 Å². The molecule has 0 spiro atoms. The minimum atomic E-state index is -0.0954. The highest BCUT2D eigenvalue weighted by Crippen LogP contribution is 2.30. The lowest BCUT2D eigenvalue weighted by molar-refractivity contribution is -0.126. The Morgan fingerprint density at radius 3 is 2.38 bits per heavy atom. The van der Waals surface area contributed by atoms with Crippen molar-refractivity contribution in [2.24, 2.45) is 0 Å². The van der Waals surface area contributed by atoms with Crippen molar-refractivity contribution in [1.82, 2.24) is 10.2 Å². The molecule has 116 valence electrons. The van der Waals surface area contributed by atoms with E-state index in [1.807, 2.05) is 32.9 Å². The second-order valence-corrected chi connectivity index (χ2v) is 6.09. The lowest BCUT2D eigenvalue weighted by Crippen LogP contribution is -2.47. The maximum absolute atomic E-state index is 12.2. The van der Waals surface area contributed by atoms with Crippen LogP contribution in [0.15, 0.2) is 24.3 Å². The Morgan fingerprint density at radius 2 is 1.90 bits per heavy atom. The van der Waals surface area contributed by atoms with E-state index < -0.39 is 0 Å². The zero-order valence-corrected chi connectivity index (χ0v) is 13.4. The molecule has 0 bridgehead atoms. The molecule has 2 rings (SSSR count). The lowest BCUT2D eigenvalue weighted by atomic mass is 10.1. The van der Waals surface area contributed by atoms with Crippen LogP contribution in [0.5, 0.6) is 5.75 Å². The summed E-state index contributed by atoms with van der Waals surface area (Å²) in [4.78, 5) is 14.6. The van der Waals surface area contributed by atoms with Gasteiger partial charge in [0.25, 0.3) is 0 Å². The van der Waals surface area contributed by atoms with Crippen molar-refractivity contribution >= 4 is 5.91 Å². The third-order valence-electron chi connectivity index (χ3n) is 3.85. The molecule has 1 aromatic rings. The number of nitrogens with one attached hydrogen (secondary N) is 1. The summed E-state index contributed by atoms with van der Waals surface area (Å²) in [6.45, 7) is 6.80. The summed E-state index contributed by atoms with van der Waals surface area (Å²) in [6.07, 6.45) is 2.38. The Kier molecular flexibility index (Phi) is 5.23. The molecule has 0 radical (unpaired) electrons. The first-order valence-corrected chi connectivity index (χ1v) is 7.70. The van der Waals surface area contributed by atoms with Crippen LogP contribution in [0.1, 0.15) is 39.2 Å². The molecule has 0 saturated heterocycles. The molecule has 1 aliphatic carbocycles. The number of hydrogen-bond acceptors (Lipinski definition) is 3. The summed E-state index contributed by atoms with van der Waals surface area (Å²) in [6, 6.07) is 8.71. The first-order chi connectivity index (χ1) is 10.0. The third-order valence-corrected chi connectivity index (χ3v) is 3.85. The van der Waals surface area contributed by atoms with Crippen LogP contribution in [0.3, 0.4) is 0 Å². The topological polar surface area (TPSA) is 41.6 Å². The summed E-state index contributed by atoms with van der Waals surface area (Å²) in [7, 11) is 1.67. The van der Waals surface area contributed by atoms with Gasteiger partial charge in [0.05, 0.1) is 13.2 Å². The van der Waals surface area contributed by atoms with Crippen molar-refractivity contribution in [1.29, 1.82) is 0 Å². The van der Waals surface area contributed by atoms with E-state index in [2.05, 4.69) is 22.3 Å². The molecule has 0 heterocycles. The Bertz CT molecular complexity index is 466. The van der Waals surface area contributed by atoms with Gasteiger partial charge in [-0.2, -0.15) is 0 Å². The molecule has 4 nitrogen and oxygen atoms in total. The zero-order valence-electron chi connectivity index (χ0n) is 13.4. The van der Waals surface area contributed by atoms with Gasteiger partial charge in [0, 0.05) is 18.6 Å². The predicted octanol–water partition coefficient (Wildman–Crippen LogP) is 2.57. The standard InChI is InChI=1S/C17H26N2O2/c1-12(2)18-17(20)13(3)19(15-7-8-15)11-14-5-9-16(21-4)10-6-14/h5-6,9-10,12-13,15H,7-8,11H2,1-4H3,(H,18,20)/t13-/m0/s1. The van der Waals surface area contributed by atoms with Gasteiger partial charge in [-0.05, 0) is 51.3 Å². The van der Waals surface area contributed by atoms with Crippen molar-refractivity contribution in [3.05, 3.63) is 29.8 Å². The average Bonchev–Trinajstić information content (AvgIpc) is 3.28. The van der Waals surface area contributed by atoms with Gasteiger partial charge < -0.3 is 10.1 Å². The Morgan fingerprint density at radius 1 is 1.29 bits per heavy atom. The fourth-order valence-corrected chi connectivity index (χ4v) is 2.49. The van der Waals surface area contributed by atoms with E-state index in [1.165, 1.54) is 18.4 Å². The highest BCUT2D eigenvalue weighted by atomic mass is 16.5. The van der Waals surface area contributed by atoms with Crippen LogP contribution in [0, 0.1) is 0 Å². The van der Waals surface area contributed by atoms with E-state index in [-0.39, 0.29) is 18.0 Å². The number of methoxy groups -OCH3 is 1. The maximum atomic E-state index is 12.2.